The van der Waals surface area contributed by atoms with E-state index in [1.165, 1.54) is 0 Å². The lowest BCUT2D eigenvalue weighted by Crippen LogP contribution is -2.39. The fourth-order valence-electron chi connectivity index (χ4n) is 2.56. The van der Waals surface area contributed by atoms with Crippen LogP contribution >= 0.6 is 23.2 Å². The average molecular weight is 315 g/mol. The first-order chi connectivity index (χ1) is 9.49. The fraction of sp³-hybridized carbons (Fsp3) is 0.533. The van der Waals surface area contributed by atoms with Gasteiger partial charge in [-0.25, -0.2) is 4.79 Å². The van der Waals surface area contributed by atoms with Gasteiger partial charge < -0.3 is 10.2 Å². The Bertz CT molecular complexity index is 473. The largest absolute Gasteiger partial charge is 0.337 e. The lowest BCUT2D eigenvalue weighted by atomic mass is 10.0. The van der Waals surface area contributed by atoms with Crippen molar-refractivity contribution < 1.29 is 4.79 Å². The molecule has 110 valence electrons. The number of rotatable bonds is 3. The summed E-state index contributed by atoms with van der Waals surface area (Å²) in [5.41, 5.74) is 0.894. The molecule has 5 heteroatoms. The zero-order chi connectivity index (χ0) is 14.7. The van der Waals surface area contributed by atoms with E-state index in [2.05, 4.69) is 12.2 Å². The molecule has 1 aliphatic rings. The van der Waals surface area contributed by atoms with Crippen molar-refractivity contribution in [3.8, 4) is 0 Å². The molecule has 1 saturated heterocycles. The Labute approximate surface area is 130 Å². The van der Waals surface area contributed by atoms with Crippen LogP contribution in [0.3, 0.4) is 0 Å². The minimum Gasteiger partial charge on any atom is -0.337 e. The highest BCUT2D eigenvalue weighted by atomic mass is 35.5. The Kier molecular flexibility index (Phi) is 5.17. The summed E-state index contributed by atoms with van der Waals surface area (Å²) >= 11 is 12.4. The van der Waals surface area contributed by atoms with Gasteiger partial charge in [-0.1, -0.05) is 43.1 Å². The normalized spacial score (nSPS) is 20.0. The zero-order valence-corrected chi connectivity index (χ0v) is 13.3. The van der Waals surface area contributed by atoms with Gasteiger partial charge in [-0.2, -0.15) is 0 Å². The van der Waals surface area contributed by atoms with Gasteiger partial charge in [0.15, 0.2) is 0 Å². The number of carbonyl (C=O) groups is 1. The zero-order valence-electron chi connectivity index (χ0n) is 11.8. The Morgan fingerprint density at radius 1 is 1.45 bits per heavy atom. The smallest absolute Gasteiger partial charge is 0.317 e. The van der Waals surface area contributed by atoms with Gasteiger partial charge in [0.25, 0.3) is 0 Å². The summed E-state index contributed by atoms with van der Waals surface area (Å²) in [5.74, 6) is 0.677. The lowest BCUT2D eigenvalue weighted by Gasteiger charge is -2.20. The molecule has 2 rings (SSSR count). The second-order valence-electron chi connectivity index (χ2n) is 5.56. The molecule has 0 saturated carbocycles. The molecule has 1 heterocycles. The number of hydrogen-bond acceptors (Lipinski definition) is 1. The second-order valence-corrected chi connectivity index (χ2v) is 6.38. The predicted octanol–water partition coefficient (Wildman–Crippen LogP) is 4.15. The van der Waals surface area contributed by atoms with Crippen molar-refractivity contribution in [1.82, 2.24) is 10.2 Å². The molecule has 0 spiro atoms. The maximum Gasteiger partial charge on any atom is 0.317 e. The van der Waals surface area contributed by atoms with E-state index < -0.39 is 0 Å². The number of nitrogens with one attached hydrogen (secondary N) is 1. The standard InChI is InChI=1S/C15H20Cl2N2O/c1-10-6-7-19(9-10)15(20)18-8-11(2)14-12(16)4-3-5-13(14)17/h3-5,10-11H,6-9H2,1-2H3,(H,18,20). The lowest BCUT2D eigenvalue weighted by molar-refractivity contribution is 0.207. The van der Waals surface area contributed by atoms with Gasteiger partial charge in [0.05, 0.1) is 0 Å². The molecule has 0 aromatic heterocycles. The molecule has 0 aliphatic carbocycles. The van der Waals surface area contributed by atoms with Crippen LogP contribution in [0.1, 0.15) is 31.7 Å². The van der Waals surface area contributed by atoms with Crippen LogP contribution in [-0.2, 0) is 0 Å². The number of carbonyl (C=O) groups excluding carboxylic acids is 1. The molecule has 1 aliphatic heterocycles. The Balaban J connectivity index is 1.92. The third-order valence-electron chi connectivity index (χ3n) is 3.76. The van der Waals surface area contributed by atoms with Gasteiger partial charge in [0.2, 0.25) is 0 Å². The third kappa shape index (κ3) is 3.58. The molecule has 0 bridgehead atoms. The van der Waals surface area contributed by atoms with Crippen molar-refractivity contribution in [3.05, 3.63) is 33.8 Å². The van der Waals surface area contributed by atoms with Crippen LogP contribution in [0.25, 0.3) is 0 Å². The summed E-state index contributed by atoms with van der Waals surface area (Å²) in [7, 11) is 0. The van der Waals surface area contributed by atoms with Gasteiger partial charge in [-0.05, 0) is 30.0 Å². The van der Waals surface area contributed by atoms with Gasteiger partial charge in [-0.3, -0.25) is 0 Å². The number of amides is 2. The van der Waals surface area contributed by atoms with Crippen molar-refractivity contribution in [3.63, 3.8) is 0 Å². The maximum atomic E-state index is 12.0. The summed E-state index contributed by atoms with van der Waals surface area (Å²) < 4.78 is 0. The predicted molar refractivity (Wildman–Crippen MR) is 83.6 cm³/mol. The van der Waals surface area contributed by atoms with Crippen LogP contribution in [0.15, 0.2) is 18.2 Å². The van der Waals surface area contributed by atoms with Crippen LogP contribution in [0.4, 0.5) is 4.79 Å². The van der Waals surface area contributed by atoms with Crippen molar-refractivity contribution in [2.75, 3.05) is 19.6 Å². The highest BCUT2D eigenvalue weighted by molar-refractivity contribution is 6.36. The van der Waals surface area contributed by atoms with Crippen LogP contribution in [0.5, 0.6) is 0 Å². The van der Waals surface area contributed by atoms with Crippen molar-refractivity contribution in [2.24, 2.45) is 5.92 Å². The van der Waals surface area contributed by atoms with Crippen LogP contribution < -0.4 is 5.32 Å². The molecule has 20 heavy (non-hydrogen) atoms. The van der Waals surface area contributed by atoms with E-state index in [0.29, 0.717) is 22.5 Å². The van der Waals surface area contributed by atoms with Gasteiger partial charge in [0, 0.05) is 35.6 Å². The van der Waals surface area contributed by atoms with Gasteiger partial charge in [-0.15, -0.1) is 0 Å². The number of halogens is 2. The molecule has 2 amide bonds. The minimum atomic E-state index is 0.00405. The molecule has 1 fully saturated rings. The average Bonchev–Trinajstić information content (AvgIpc) is 2.82. The van der Waals surface area contributed by atoms with E-state index in [1.807, 2.05) is 30.0 Å². The Morgan fingerprint density at radius 3 is 2.65 bits per heavy atom. The molecule has 1 aromatic carbocycles. The first-order valence-corrected chi connectivity index (χ1v) is 7.71. The second kappa shape index (κ2) is 6.68. The molecule has 2 unspecified atom stereocenters. The quantitative estimate of drug-likeness (QED) is 0.893. The van der Waals surface area contributed by atoms with Crippen molar-refractivity contribution in [2.45, 2.75) is 26.2 Å². The van der Waals surface area contributed by atoms with E-state index in [-0.39, 0.29) is 11.9 Å². The minimum absolute atomic E-state index is 0.00405. The van der Waals surface area contributed by atoms with E-state index in [0.717, 1.165) is 25.1 Å². The molecule has 1 N–H and O–H groups in total. The summed E-state index contributed by atoms with van der Waals surface area (Å²) in [6.07, 6.45) is 1.08. The monoisotopic (exact) mass is 314 g/mol. The number of benzene rings is 1. The topological polar surface area (TPSA) is 32.3 Å². The molecule has 3 nitrogen and oxygen atoms in total. The molecular formula is C15H20Cl2N2O. The fourth-order valence-corrected chi connectivity index (χ4v) is 3.33. The van der Waals surface area contributed by atoms with E-state index in [4.69, 9.17) is 23.2 Å². The SMILES string of the molecule is CC1CCN(C(=O)NCC(C)c2c(Cl)cccc2Cl)C1. The summed E-state index contributed by atoms with van der Waals surface area (Å²) in [4.78, 5) is 13.9. The summed E-state index contributed by atoms with van der Waals surface area (Å²) in [5, 5.41) is 4.26. The number of nitrogens with zero attached hydrogens (tertiary/aromatic N) is 1. The summed E-state index contributed by atoms with van der Waals surface area (Å²) in [6, 6.07) is 5.47. The molecule has 0 radical (unpaired) electrons. The number of likely N-dealkylation sites (tertiary alicyclic amines) is 1. The Morgan fingerprint density at radius 2 is 2.10 bits per heavy atom. The molecule has 2 atom stereocenters. The van der Waals surface area contributed by atoms with Gasteiger partial charge in [0.1, 0.15) is 0 Å². The number of urea groups is 1. The van der Waals surface area contributed by atoms with Crippen molar-refractivity contribution in [1.29, 1.82) is 0 Å². The van der Waals surface area contributed by atoms with Crippen LogP contribution in [0, 0.1) is 5.92 Å². The van der Waals surface area contributed by atoms with E-state index in [1.54, 1.807) is 0 Å². The Hall–Kier alpha value is -0.930. The highest BCUT2D eigenvalue weighted by Gasteiger charge is 2.23. The molecular weight excluding hydrogens is 295 g/mol. The molecule has 1 aromatic rings. The van der Waals surface area contributed by atoms with Gasteiger partial charge >= 0.3 is 6.03 Å². The summed E-state index contributed by atoms with van der Waals surface area (Å²) in [6.45, 7) is 6.40. The van der Waals surface area contributed by atoms with E-state index >= 15 is 0 Å². The van der Waals surface area contributed by atoms with E-state index in [9.17, 15) is 4.79 Å². The maximum absolute atomic E-state index is 12.0. The number of hydrogen-bond donors (Lipinski definition) is 1. The third-order valence-corrected chi connectivity index (χ3v) is 4.42. The van der Waals surface area contributed by atoms with Crippen molar-refractivity contribution >= 4 is 29.2 Å². The first kappa shape index (κ1) is 15.5. The first-order valence-electron chi connectivity index (χ1n) is 6.95. The highest BCUT2D eigenvalue weighted by Crippen LogP contribution is 2.31. The van der Waals surface area contributed by atoms with Crippen LogP contribution in [0.2, 0.25) is 10.0 Å². The van der Waals surface area contributed by atoms with Crippen LogP contribution in [-0.4, -0.2) is 30.6 Å².